The van der Waals surface area contributed by atoms with E-state index in [0.29, 0.717) is 4.47 Å². The highest BCUT2D eigenvalue weighted by Crippen LogP contribution is 2.18. The van der Waals surface area contributed by atoms with E-state index in [9.17, 15) is 13.6 Å². The van der Waals surface area contributed by atoms with Crippen LogP contribution in [0.5, 0.6) is 0 Å². The molecular formula is C14H9BrF2O. The van der Waals surface area contributed by atoms with Crippen molar-refractivity contribution < 1.29 is 13.6 Å². The van der Waals surface area contributed by atoms with E-state index in [4.69, 9.17) is 0 Å². The number of benzene rings is 2. The normalized spacial score (nSPS) is 10.4. The van der Waals surface area contributed by atoms with Crippen LogP contribution in [0, 0.1) is 11.6 Å². The van der Waals surface area contributed by atoms with Crippen LogP contribution in [0.4, 0.5) is 8.78 Å². The van der Waals surface area contributed by atoms with Crippen molar-refractivity contribution in [2.75, 3.05) is 0 Å². The highest BCUT2D eigenvalue weighted by molar-refractivity contribution is 9.10. The van der Waals surface area contributed by atoms with Crippen LogP contribution in [0.2, 0.25) is 0 Å². The topological polar surface area (TPSA) is 17.1 Å². The van der Waals surface area contributed by atoms with Gasteiger partial charge in [0, 0.05) is 10.9 Å². The van der Waals surface area contributed by atoms with Crippen molar-refractivity contribution in [3.05, 3.63) is 69.7 Å². The van der Waals surface area contributed by atoms with Gasteiger partial charge in [-0.2, -0.15) is 0 Å². The van der Waals surface area contributed by atoms with Crippen LogP contribution >= 0.6 is 15.9 Å². The summed E-state index contributed by atoms with van der Waals surface area (Å²) in [5, 5.41) is 0. The smallest absolute Gasteiger partial charge is 0.170 e. The van der Waals surface area contributed by atoms with Crippen molar-refractivity contribution in [2.24, 2.45) is 0 Å². The Bertz CT molecular complexity index is 596. The lowest BCUT2D eigenvalue weighted by atomic mass is 10.0. The SMILES string of the molecule is O=C(Cc1cc(Br)ccc1F)c1ccccc1F. The fraction of sp³-hybridized carbons (Fsp3) is 0.0714. The molecule has 2 aromatic rings. The van der Waals surface area contributed by atoms with Gasteiger partial charge in [0.15, 0.2) is 5.78 Å². The Hall–Kier alpha value is -1.55. The van der Waals surface area contributed by atoms with Crippen molar-refractivity contribution >= 4 is 21.7 Å². The zero-order valence-corrected chi connectivity index (χ0v) is 10.9. The van der Waals surface area contributed by atoms with E-state index in [1.165, 1.54) is 30.3 Å². The first-order valence-corrected chi connectivity index (χ1v) is 6.09. The molecule has 2 aromatic carbocycles. The first-order valence-electron chi connectivity index (χ1n) is 5.29. The van der Waals surface area contributed by atoms with Crippen molar-refractivity contribution in [1.29, 1.82) is 0 Å². The van der Waals surface area contributed by atoms with E-state index in [1.807, 2.05) is 0 Å². The molecule has 0 aliphatic carbocycles. The lowest BCUT2D eigenvalue weighted by molar-refractivity contribution is 0.0988. The molecule has 92 valence electrons. The van der Waals surface area contributed by atoms with Crippen LogP contribution in [-0.4, -0.2) is 5.78 Å². The predicted octanol–water partition coefficient (Wildman–Crippen LogP) is 4.15. The van der Waals surface area contributed by atoms with Crippen molar-refractivity contribution in [1.82, 2.24) is 0 Å². The largest absolute Gasteiger partial charge is 0.294 e. The average Bonchev–Trinajstić information content (AvgIpc) is 2.34. The van der Waals surface area contributed by atoms with Crippen LogP contribution < -0.4 is 0 Å². The summed E-state index contributed by atoms with van der Waals surface area (Å²) in [7, 11) is 0. The van der Waals surface area contributed by atoms with Crippen LogP contribution in [0.3, 0.4) is 0 Å². The molecule has 0 unspecified atom stereocenters. The molecular weight excluding hydrogens is 302 g/mol. The Kier molecular flexibility index (Phi) is 3.87. The van der Waals surface area contributed by atoms with Gasteiger partial charge in [0.05, 0.1) is 5.56 Å². The second kappa shape index (κ2) is 5.40. The number of hydrogen-bond donors (Lipinski definition) is 0. The summed E-state index contributed by atoms with van der Waals surface area (Å²) in [5.41, 5.74) is 0.231. The van der Waals surface area contributed by atoms with Crippen LogP contribution in [-0.2, 0) is 6.42 Å². The number of hydrogen-bond acceptors (Lipinski definition) is 1. The molecule has 0 amide bonds. The zero-order chi connectivity index (χ0) is 13.1. The monoisotopic (exact) mass is 310 g/mol. The predicted molar refractivity (Wildman–Crippen MR) is 68.5 cm³/mol. The van der Waals surface area contributed by atoms with Crippen molar-refractivity contribution in [3.8, 4) is 0 Å². The maximum absolute atomic E-state index is 13.5. The number of halogens is 3. The van der Waals surface area contributed by atoms with Gasteiger partial charge >= 0.3 is 0 Å². The minimum Gasteiger partial charge on any atom is -0.294 e. The van der Waals surface area contributed by atoms with E-state index >= 15 is 0 Å². The molecule has 4 heteroatoms. The summed E-state index contributed by atoms with van der Waals surface area (Å²) in [5.74, 6) is -1.49. The van der Waals surface area contributed by atoms with E-state index in [0.717, 1.165) is 0 Å². The Balaban J connectivity index is 2.27. The maximum atomic E-state index is 13.5. The molecule has 0 aromatic heterocycles. The van der Waals surface area contributed by atoms with Gasteiger partial charge in [-0.05, 0) is 35.9 Å². The molecule has 0 radical (unpaired) electrons. The number of carbonyl (C=O) groups excluding carboxylic acids is 1. The number of Topliss-reactive ketones (excluding diaryl/α,β-unsaturated/α-hetero) is 1. The first kappa shape index (κ1) is 12.9. The molecule has 0 saturated heterocycles. The summed E-state index contributed by atoms with van der Waals surface area (Å²) in [6.45, 7) is 0. The molecule has 0 aliphatic rings. The molecule has 0 atom stereocenters. The molecule has 0 fully saturated rings. The van der Waals surface area contributed by atoms with Gasteiger partial charge in [0.1, 0.15) is 11.6 Å². The standard InChI is InChI=1S/C14H9BrF2O/c15-10-5-6-12(16)9(7-10)8-14(18)11-3-1-2-4-13(11)17/h1-7H,8H2. The Morgan fingerprint density at radius 3 is 2.50 bits per heavy atom. The lowest BCUT2D eigenvalue weighted by Crippen LogP contribution is -2.07. The first-order chi connectivity index (χ1) is 8.58. The van der Waals surface area contributed by atoms with Crippen LogP contribution in [0.25, 0.3) is 0 Å². The van der Waals surface area contributed by atoms with Gasteiger partial charge in [-0.15, -0.1) is 0 Å². The third-order valence-electron chi connectivity index (χ3n) is 2.53. The summed E-state index contributed by atoms with van der Waals surface area (Å²) < 4.78 is 27.6. The average molecular weight is 311 g/mol. The van der Waals surface area contributed by atoms with Gasteiger partial charge in [0.25, 0.3) is 0 Å². The van der Waals surface area contributed by atoms with E-state index in [2.05, 4.69) is 15.9 Å². The second-order valence-corrected chi connectivity index (χ2v) is 4.73. The summed E-state index contributed by atoms with van der Waals surface area (Å²) in [4.78, 5) is 11.9. The number of rotatable bonds is 3. The Morgan fingerprint density at radius 1 is 1.06 bits per heavy atom. The molecule has 0 spiro atoms. The Labute approximate surface area is 112 Å². The van der Waals surface area contributed by atoms with Crippen molar-refractivity contribution in [2.45, 2.75) is 6.42 Å². The van der Waals surface area contributed by atoms with Crippen LogP contribution in [0.1, 0.15) is 15.9 Å². The van der Waals surface area contributed by atoms with Gasteiger partial charge in [0.2, 0.25) is 0 Å². The minimum absolute atomic E-state index is 0.0168. The summed E-state index contributed by atoms with van der Waals surface area (Å²) in [6, 6.07) is 10.0. The van der Waals surface area contributed by atoms with Gasteiger partial charge in [-0.1, -0.05) is 28.1 Å². The molecule has 0 heterocycles. The molecule has 2 rings (SSSR count). The zero-order valence-electron chi connectivity index (χ0n) is 9.29. The van der Waals surface area contributed by atoms with Crippen molar-refractivity contribution in [3.63, 3.8) is 0 Å². The molecule has 18 heavy (non-hydrogen) atoms. The molecule has 0 saturated carbocycles. The summed E-state index contributed by atoms with van der Waals surface area (Å²) >= 11 is 3.20. The van der Waals surface area contributed by atoms with Crippen LogP contribution in [0.15, 0.2) is 46.9 Å². The van der Waals surface area contributed by atoms with E-state index < -0.39 is 17.4 Å². The Morgan fingerprint density at radius 2 is 1.78 bits per heavy atom. The highest BCUT2D eigenvalue weighted by atomic mass is 79.9. The molecule has 0 aliphatic heterocycles. The van der Waals surface area contributed by atoms with E-state index in [1.54, 1.807) is 12.1 Å². The van der Waals surface area contributed by atoms with Gasteiger partial charge < -0.3 is 0 Å². The molecule has 0 bridgehead atoms. The van der Waals surface area contributed by atoms with Gasteiger partial charge in [-0.3, -0.25) is 4.79 Å². The molecule has 1 nitrogen and oxygen atoms in total. The number of ketones is 1. The third-order valence-corrected chi connectivity index (χ3v) is 3.03. The lowest BCUT2D eigenvalue weighted by Gasteiger charge is -2.04. The van der Waals surface area contributed by atoms with E-state index in [-0.39, 0.29) is 17.5 Å². The second-order valence-electron chi connectivity index (χ2n) is 3.82. The molecule has 0 N–H and O–H groups in total. The fourth-order valence-corrected chi connectivity index (χ4v) is 2.04. The van der Waals surface area contributed by atoms with Gasteiger partial charge in [-0.25, -0.2) is 8.78 Å². The maximum Gasteiger partial charge on any atom is 0.170 e. The third kappa shape index (κ3) is 2.82. The summed E-state index contributed by atoms with van der Waals surface area (Å²) in [6.07, 6.45) is -0.161. The minimum atomic E-state index is -0.585. The quantitative estimate of drug-likeness (QED) is 0.778. The highest BCUT2D eigenvalue weighted by Gasteiger charge is 2.14. The number of carbonyl (C=O) groups is 1. The fourth-order valence-electron chi connectivity index (χ4n) is 1.63.